The Morgan fingerprint density at radius 1 is 1.50 bits per heavy atom. The van der Waals surface area contributed by atoms with Crippen molar-refractivity contribution in [2.24, 2.45) is 0 Å². The molecule has 18 heavy (non-hydrogen) atoms. The van der Waals surface area contributed by atoms with E-state index in [-0.39, 0.29) is 5.75 Å². The van der Waals surface area contributed by atoms with Crippen LogP contribution in [0.25, 0.3) is 0 Å². The molecule has 3 nitrogen and oxygen atoms in total. The molecule has 1 atom stereocenters. The van der Waals surface area contributed by atoms with Crippen LogP contribution >= 0.6 is 0 Å². The highest BCUT2D eigenvalue weighted by Crippen LogP contribution is 2.19. The molecule has 1 N–H and O–H groups in total. The summed E-state index contributed by atoms with van der Waals surface area (Å²) in [6.07, 6.45) is 2.51. The normalized spacial score (nSPS) is 20.8. The summed E-state index contributed by atoms with van der Waals surface area (Å²) in [7, 11) is 4.21. The third-order valence-corrected chi connectivity index (χ3v) is 3.66. The van der Waals surface area contributed by atoms with Gasteiger partial charge in [-0.15, -0.1) is 0 Å². The molecule has 0 aliphatic carbocycles. The third kappa shape index (κ3) is 3.21. The molecule has 0 aromatic heterocycles. The summed E-state index contributed by atoms with van der Waals surface area (Å²) < 4.78 is 13.2. The summed E-state index contributed by atoms with van der Waals surface area (Å²) in [4.78, 5) is 4.59. The number of phenols is 1. The third-order valence-electron chi connectivity index (χ3n) is 3.66. The molecule has 0 bridgehead atoms. The van der Waals surface area contributed by atoms with Crippen molar-refractivity contribution in [3.05, 3.63) is 29.6 Å². The second-order valence-electron chi connectivity index (χ2n) is 5.26. The molecule has 1 aromatic rings. The lowest BCUT2D eigenvalue weighted by Gasteiger charge is -2.25. The number of benzene rings is 1. The van der Waals surface area contributed by atoms with Gasteiger partial charge in [0.05, 0.1) is 0 Å². The van der Waals surface area contributed by atoms with E-state index in [0.29, 0.717) is 12.6 Å². The minimum atomic E-state index is -0.543. The Morgan fingerprint density at radius 3 is 2.89 bits per heavy atom. The first-order valence-electron chi connectivity index (χ1n) is 6.42. The van der Waals surface area contributed by atoms with E-state index in [2.05, 4.69) is 23.9 Å². The SMILES string of the molecule is CN(Cc1ccc(O)c(F)c1)CC1CCCN1C. The molecule has 1 fully saturated rings. The van der Waals surface area contributed by atoms with E-state index < -0.39 is 5.82 Å². The monoisotopic (exact) mass is 252 g/mol. The Bertz CT molecular complexity index is 411. The van der Waals surface area contributed by atoms with Crippen LogP contribution < -0.4 is 0 Å². The van der Waals surface area contributed by atoms with E-state index in [9.17, 15) is 4.39 Å². The van der Waals surface area contributed by atoms with Crippen LogP contribution in [-0.2, 0) is 6.54 Å². The average Bonchev–Trinajstić information content (AvgIpc) is 2.70. The number of hydrogen-bond donors (Lipinski definition) is 1. The molecule has 0 spiro atoms. The molecular weight excluding hydrogens is 231 g/mol. The maximum absolute atomic E-state index is 13.2. The van der Waals surface area contributed by atoms with Gasteiger partial charge in [-0.1, -0.05) is 6.07 Å². The summed E-state index contributed by atoms with van der Waals surface area (Å²) in [5.74, 6) is -0.823. The van der Waals surface area contributed by atoms with Crippen LogP contribution in [0.2, 0.25) is 0 Å². The lowest BCUT2D eigenvalue weighted by atomic mass is 10.1. The average molecular weight is 252 g/mol. The van der Waals surface area contributed by atoms with Gasteiger partial charge in [-0.05, 0) is 51.2 Å². The number of nitrogens with zero attached hydrogens (tertiary/aromatic N) is 2. The van der Waals surface area contributed by atoms with Crippen molar-refractivity contribution >= 4 is 0 Å². The van der Waals surface area contributed by atoms with Gasteiger partial charge in [0.1, 0.15) is 0 Å². The molecule has 1 aliphatic rings. The number of halogens is 1. The van der Waals surface area contributed by atoms with Crippen molar-refractivity contribution in [3.8, 4) is 5.75 Å². The minimum Gasteiger partial charge on any atom is -0.505 e. The van der Waals surface area contributed by atoms with Gasteiger partial charge in [-0.3, -0.25) is 0 Å². The topological polar surface area (TPSA) is 26.7 Å². The van der Waals surface area contributed by atoms with E-state index in [1.165, 1.54) is 31.5 Å². The van der Waals surface area contributed by atoms with Crippen LogP contribution in [0.3, 0.4) is 0 Å². The second kappa shape index (κ2) is 5.67. The van der Waals surface area contributed by atoms with E-state index >= 15 is 0 Å². The van der Waals surface area contributed by atoms with Gasteiger partial charge >= 0.3 is 0 Å². The zero-order valence-corrected chi connectivity index (χ0v) is 11.1. The van der Waals surface area contributed by atoms with Crippen LogP contribution in [0.15, 0.2) is 18.2 Å². The Labute approximate surface area is 108 Å². The van der Waals surface area contributed by atoms with Crippen molar-refractivity contribution in [2.45, 2.75) is 25.4 Å². The van der Waals surface area contributed by atoms with Crippen LogP contribution in [0, 0.1) is 5.82 Å². The summed E-state index contributed by atoms with van der Waals surface area (Å²) in [6.45, 7) is 2.88. The first kappa shape index (κ1) is 13.3. The fraction of sp³-hybridized carbons (Fsp3) is 0.571. The zero-order valence-electron chi connectivity index (χ0n) is 11.1. The van der Waals surface area contributed by atoms with Crippen LogP contribution in [0.5, 0.6) is 5.75 Å². The highest BCUT2D eigenvalue weighted by molar-refractivity contribution is 5.27. The Kier molecular flexibility index (Phi) is 4.19. The van der Waals surface area contributed by atoms with E-state index in [4.69, 9.17) is 5.11 Å². The highest BCUT2D eigenvalue weighted by atomic mass is 19.1. The highest BCUT2D eigenvalue weighted by Gasteiger charge is 2.21. The molecule has 0 radical (unpaired) electrons. The number of likely N-dealkylation sites (tertiary alicyclic amines) is 1. The predicted molar refractivity (Wildman–Crippen MR) is 70.1 cm³/mol. The Balaban J connectivity index is 1.90. The molecule has 1 aromatic carbocycles. The van der Waals surface area contributed by atoms with Gasteiger partial charge in [-0.25, -0.2) is 4.39 Å². The second-order valence-corrected chi connectivity index (χ2v) is 5.26. The fourth-order valence-electron chi connectivity index (χ4n) is 2.59. The van der Waals surface area contributed by atoms with Crippen molar-refractivity contribution in [1.29, 1.82) is 0 Å². The zero-order chi connectivity index (χ0) is 13.1. The van der Waals surface area contributed by atoms with Crippen molar-refractivity contribution in [3.63, 3.8) is 0 Å². The maximum atomic E-state index is 13.2. The van der Waals surface area contributed by atoms with Gasteiger partial charge in [0.15, 0.2) is 11.6 Å². The van der Waals surface area contributed by atoms with E-state index in [1.54, 1.807) is 6.07 Å². The number of aromatic hydroxyl groups is 1. The van der Waals surface area contributed by atoms with Gasteiger partial charge in [-0.2, -0.15) is 0 Å². The fourth-order valence-corrected chi connectivity index (χ4v) is 2.59. The summed E-state index contributed by atoms with van der Waals surface area (Å²) >= 11 is 0. The van der Waals surface area contributed by atoms with E-state index in [1.807, 2.05) is 0 Å². The molecule has 0 saturated carbocycles. The van der Waals surface area contributed by atoms with Gasteiger partial charge in [0.2, 0.25) is 0 Å². The smallest absolute Gasteiger partial charge is 0.165 e. The number of phenolic OH excluding ortho intramolecular Hbond substituents is 1. The van der Waals surface area contributed by atoms with Gasteiger partial charge in [0, 0.05) is 19.1 Å². The summed E-state index contributed by atoms with van der Waals surface area (Å²) in [5, 5.41) is 9.15. The van der Waals surface area contributed by atoms with Crippen molar-refractivity contribution in [2.75, 3.05) is 27.2 Å². The minimum absolute atomic E-state index is 0.281. The molecule has 0 amide bonds. The van der Waals surface area contributed by atoms with Gasteiger partial charge in [0.25, 0.3) is 0 Å². The number of rotatable bonds is 4. The largest absolute Gasteiger partial charge is 0.505 e. The van der Waals surface area contributed by atoms with Crippen LogP contribution in [-0.4, -0.2) is 48.1 Å². The van der Waals surface area contributed by atoms with Crippen molar-refractivity contribution < 1.29 is 9.50 Å². The quantitative estimate of drug-likeness (QED) is 0.888. The molecule has 100 valence electrons. The Hall–Kier alpha value is -1.13. The summed E-state index contributed by atoms with van der Waals surface area (Å²) in [6, 6.07) is 5.20. The molecular formula is C14H21FN2O. The predicted octanol–water partition coefficient (Wildman–Crippen LogP) is 2.06. The number of likely N-dealkylation sites (N-methyl/N-ethyl adjacent to an activating group) is 2. The van der Waals surface area contributed by atoms with Crippen molar-refractivity contribution in [1.82, 2.24) is 9.80 Å². The van der Waals surface area contributed by atoms with E-state index in [0.717, 1.165) is 12.1 Å². The molecule has 1 unspecified atom stereocenters. The lowest BCUT2D eigenvalue weighted by molar-refractivity contribution is 0.215. The summed E-state index contributed by atoms with van der Waals surface area (Å²) in [5.41, 5.74) is 0.897. The Morgan fingerprint density at radius 2 is 2.28 bits per heavy atom. The first-order chi connectivity index (χ1) is 8.56. The molecule has 1 heterocycles. The van der Waals surface area contributed by atoms with Crippen LogP contribution in [0.1, 0.15) is 18.4 Å². The first-order valence-corrected chi connectivity index (χ1v) is 6.42. The standard InChI is InChI=1S/C14H21FN2O/c1-16(10-12-4-3-7-17(12)2)9-11-5-6-14(18)13(15)8-11/h5-6,8,12,18H,3-4,7,9-10H2,1-2H3. The van der Waals surface area contributed by atoms with Crippen LogP contribution in [0.4, 0.5) is 4.39 Å². The lowest BCUT2D eigenvalue weighted by Crippen LogP contribution is -2.36. The molecule has 4 heteroatoms. The number of hydrogen-bond acceptors (Lipinski definition) is 3. The molecule has 1 saturated heterocycles. The molecule has 1 aliphatic heterocycles. The molecule has 2 rings (SSSR count). The maximum Gasteiger partial charge on any atom is 0.165 e. The van der Waals surface area contributed by atoms with Gasteiger partial charge < -0.3 is 14.9 Å².